The van der Waals surface area contributed by atoms with E-state index in [4.69, 9.17) is 0 Å². The molecule has 10 aliphatic rings. The average molecular weight is 790 g/mol. The van der Waals surface area contributed by atoms with Gasteiger partial charge in [0.1, 0.15) is 0 Å². The summed E-state index contributed by atoms with van der Waals surface area (Å²) in [6.07, 6.45) is 39.5. The molecule has 0 saturated heterocycles. The Morgan fingerprint density at radius 3 is 1.88 bits per heavy atom. The number of rotatable bonds is 3. The molecular weight excluding hydrogens is 705 g/mol. The van der Waals surface area contributed by atoms with Crippen LogP contribution in [0.4, 0.5) is 0 Å². The third-order valence-electron chi connectivity index (χ3n) is 17.1. The van der Waals surface area contributed by atoms with Crippen LogP contribution < -0.4 is 0 Å². The molecule has 6 fully saturated rings. The van der Waals surface area contributed by atoms with Crippen LogP contribution in [0.1, 0.15) is 124 Å². The van der Waals surface area contributed by atoms with E-state index < -0.39 is 0 Å². The van der Waals surface area contributed by atoms with Crippen molar-refractivity contribution in [2.75, 3.05) is 0 Å². The van der Waals surface area contributed by atoms with Crippen molar-refractivity contribution < 1.29 is 0 Å². The summed E-state index contributed by atoms with van der Waals surface area (Å²) >= 11 is 0. The van der Waals surface area contributed by atoms with Gasteiger partial charge in [-0.2, -0.15) is 0 Å². The van der Waals surface area contributed by atoms with Crippen LogP contribution in [-0.2, 0) is 0 Å². The van der Waals surface area contributed by atoms with Gasteiger partial charge in [-0.25, -0.2) is 0 Å². The largest absolute Gasteiger partial charge is 0.0882 e. The summed E-state index contributed by atoms with van der Waals surface area (Å²) in [5, 5.41) is 0. The lowest BCUT2D eigenvalue weighted by Gasteiger charge is -2.25. The molecule has 0 nitrogen and oxygen atoms in total. The Kier molecular flexibility index (Phi) is 15.4. The van der Waals surface area contributed by atoms with Gasteiger partial charge < -0.3 is 0 Å². The topological polar surface area (TPSA) is 0 Å². The van der Waals surface area contributed by atoms with E-state index in [1.807, 2.05) is 0 Å². The molecular formula is C47H84Si5. The van der Waals surface area contributed by atoms with Crippen LogP contribution in [0.15, 0.2) is 59.3 Å². The number of fused-ring (bicyclic) bond motifs is 10. The van der Waals surface area contributed by atoms with E-state index >= 15 is 0 Å². The zero-order chi connectivity index (χ0) is 36.9. The van der Waals surface area contributed by atoms with Crippen molar-refractivity contribution in [2.24, 2.45) is 76.9 Å². The maximum absolute atomic E-state index is 2.51. The molecule has 292 valence electrons. The average Bonchev–Trinajstić information content (AvgIpc) is 4.00. The Balaban J connectivity index is 0.000000112. The number of hydrogen-bond acceptors (Lipinski definition) is 0. The third-order valence-corrected chi connectivity index (χ3v) is 22.7. The summed E-state index contributed by atoms with van der Waals surface area (Å²) < 4.78 is 0. The number of hydrogen-bond donors (Lipinski definition) is 0. The monoisotopic (exact) mass is 789 g/mol. The molecule has 6 saturated carbocycles. The fourth-order valence-corrected chi connectivity index (χ4v) is 18.6. The fraction of sp³-hybridized carbons (Fsp3) is 0.787. The van der Waals surface area contributed by atoms with Gasteiger partial charge in [0.2, 0.25) is 0 Å². The van der Waals surface area contributed by atoms with Gasteiger partial charge in [-0.05, 0) is 181 Å². The summed E-state index contributed by atoms with van der Waals surface area (Å²) in [6, 6.07) is 3.02. The van der Waals surface area contributed by atoms with Gasteiger partial charge in [-0.3, -0.25) is 0 Å². The van der Waals surface area contributed by atoms with E-state index in [0.717, 1.165) is 93.6 Å². The maximum atomic E-state index is 2.51. The second-order valence-electron chi connectivity index (χ2n) is 20.8. The van der Waals surface area contributed by atoms with Gasteiger partial charge in [0, 0.05) is 51.2 Å². The predicted octanol–water partition coefficient (Wildman–Crippen LogP) is 7.93. The van der Waals surface area contributed by atoms with E-state index in [1.54, 1.807) is 42.4 Å². The van der Waals surface area contributed by atoms with E-state index in [0.29, 0.717) is 0 Å². The Bertz CT molecular complexity index is 1290. The van der Waals surface area contributed by atoms with Gasteiger partial charge in [0.15, 0.2) is 0 Å². The molecule has 0 aliphatic heterocycles. The van der Waals surface area contributed by atoms with Gasteiger partial charge in [0.25, 0.3) is 0 Å². The number of allylic oxidation sites excluding steroid dienone is 10. The summed E-state index contributed by atoms with van der Waals surface area (Å²) in [5.74, 6) is 13.7. The first kappa shape index (κ1) is 41.4. The lowest BCUT2D eigenvalue weighted by atomic mass is 9.83. The molecule has 0 aromatic rings. The molecule has 10 rings (SSSR count). The van der Waals surface area contributed by atoms with Crippen LogP contribution in [0, 0.1) is 76.9 Å². The minimum atomic E-state index is 0.992. The van der Waals surface area contributed by atoms with Gasteiger partial charge in [-0.1, -0.05) is 108 Å². The Hall–Kier alpha value is -0.216. The lowest BCUT2D eigenvalue weighted by molar-refractivity contribution is 0.351. The highest BCUT2D eigenvalue weighted by Crippen LogP contribution is 2.58. The molecule has 5 heteroatoms. The molecule has 0 N–H and O–H groups in total. The molecule has 0 heterocycles. The Labute approximate surface area is 338 Å². The van der Waals surface area contributed by atoms with Crippen LogP contribution in [-0.4, -0.2) is 51.2 Å². The molecule has 0 aromatic heterocycles. The van der Waals surface area contributed by atoms with Crippen molar-refractivity contribution in [3.8, 4) is 0 Å². The van der Waals surface area contributed by atoms with Crippen LogP contribution in [0.2, 0.25) is 28.7 Å². The van der Waals surface area contributed by atoms with E-state index in [-0.39, 0.29) is 0 Å². The first-order valence-electron chi connectivity index (χ1n) is 23.4. The van der Waals surface area contributed by atoms with Gasteiger partial charge >= 0.3 is 0 Å². The standard InChI is InChI=1S/C10H16Si.C10H18Si.C10H20Si.C9H16Si.C8H14Si/c11-8-4-9-6-1-2-7(3-6)10(9)5-8;1-7-2-3-8-5-10(11)6-9(8)4-7;1-8-3-5-10(6-4-8)9(2)7-11;1-2-6-3-8-4-7(6)5-9(8)10;9-5-8-4-6-1-2-7(8)3-6/h1-2,6-10H,3-5H2,11H3;2,8-10H,3-6H2,1,11H3;3,9-10H,4-7H2,1-2,11H3;2,7-9H,3-5H2,1,10H3;1-2,6-8H,3-5H2,9H3/b;;;6-2+;. The van der Waals surface area contributed by atoms with Crippen molar-refractivity contribution in [1.29, 1.82) is 0 Å². The lowest BCUT2D eigenvalue weighted by Crippen LogP contribution is -2.13. The molecule has 15 unspecified atom stereocenters. The minimum Gasteiger partial charge on any atom is -0.0882 e. The molecule has 52 heavy (non-hydrogen) atoms. The summed E-state index contributed by atoms with van der Waals surface area (Å²) in [4.78, 5) is 0. The van der Waals surface area contributed by atoms with Crippen LogP contribution in [0.3, 0.4) is 0 Å². The van der Waals surface area contributed by atoms with Crippen molar-refractivity contribution >= 4 is 51.2 Å². The van der Waals surface area contributed by atoms with E-state index in [2.05, 4.69) is 70.2 Å². The molecule has 10 aliphatic carbocycles. The summed E-state index contributed by atoms with van der Waals surface area (Å²) in [5.41, 5.74) is 8.51. The fourth-order valence-electron chi connectivity index (χ4n) is 13.6. The highest BCUT2D eigenvalue weighted by atomic mass is 28.2. The third kappa shape index (κ3) is 10.4. The molecule has 0 aromatic carbocycles. The van der Waals surface area contributed by atoms with Crippen LogP contribution >= 0.6 is 0 Å². The van der Waals surface area contributed by atoms with Crippen LogP contribution in [0.5, 0.6) is 0 Å². The minimum absolute atomic E-state index is 0.992. The van der Waals surface area contributed by atoms with Crippen molar-refractivity contribution in [3.05, 3.63) is 59.3 Å². The quantitative estimate of drug-likeness (QED) is 0.202. The highest BCUT2D eigenvalue weighted by molar-refractivity contribution is 6.12. The van der Waals surface area contributed by atoms with E-state index in [1.165, 1.54) is 134 Å². The maximum Gasteiger partial charge on any atom is 0.00712 e. The predicted molar refractivity (Wildman–Crippen MR) is 250 cm³/mol. The zero-order valence-electron chi connectivity index (χ0n) is 35.8. The van der Waals surface area contributed by atoms with Gasteiger partial charge in [-0.15, -0.1) is 0 Å². The van der Waals surface area contributed by atoms with Crippen molar-refractivity contribution in [3.63, 3.8) is 0 Å². The molecule has 15 atom stereocenters. The Morgan fingerprint density at radius 2 is 1.37 bits per heavy atom. The second-order valence-corrected chi connectivity index (χ2v) is 27.2. The van der Waals surface area contributed by atoms with Crippen molar-refractivity contribution in [2.45, 2.75) is 153 Å². The SMILES string of the molecule is C/C=C1\CC2CC1CC2[SiH3].CC1=CCC(C(C)C[SiH3])CC1.CC1=CCC2CC([SiH3])CC2C1.[SiH3]C1CC2C3C=CC(C3)C2C1.[SiH3]CC1CC2C=CC1C2. The molecule has 0 amide bonds. The van der Waals surface area contributed by atoms with Crippen LogP contribution in [0.25, 0.3) is 0 Å². The zero-order valence-corrected chi connectivity index (χ0v) is 45.8. The van der Waals surface area contributed by atoms with E-state index in [9.17, 15) is 0 Å². The van der Waals surface area contributed by atoms with Crippen molar-refractivity contribution in [1.82, 2.24) is 0 Å². The first-order valence-corrected chi connectivity index (χ1v) is 29.7. The Morgan fingerprint density at radius 1 is 0.692 bits per heavy atom. The highest BCUT2D eigenvalue weighted by Gasteiger charge is 2.48. The molecule has 6 bridgehead atoms. The molecule has 0 radical (unpaired) electrons. The summed E-state index contributed by atoms with van der Waals surface area (Å²) in [6.45, 7) is 9.20. The summed E-state index contributed by atoms with van der Waals surface area (Å²) in [7, 11) is 7.12. The normalized spacial score (nSPS) is 45.3. The smallest absolute Gasteiger partial charge is 0.00712 e. The molecule has 0 spiro atoms. The first-order chi connectivity index (χ1) is 25.0. The second kappa shape index (κ2) is 19.3. The van der Waals surface area contributed by atoms with Gasteiger partial charge in [0.05, 0.1) is 0 Å².